The fraction of sp³-hybridized carbons (Fsp3) is 0.385. The van der Waals surface area contributed by atoms with Crippen LogP contribution < -0.4 is 5.32 Å². The van der Waals surface area contributed by atoms with Gasteiger partial charge >= 0.3 is 0 Å². The molecule has 2 aromatic rings. The minimum absolute atomic E-state index is 0.530. The van der Waals surface area contributed by atoms with E-state index in [4.69, 9.17) is 0 Å². The number of para-hydroxylation sites is 1. The normalized spacial score (nSPS) is 16.1. The summed E-state index contributed by atoms with van der Waals surface area (Å²) in [5.74, 6) is 0.530. The molecule has 1 aliphatic heterocycles. The zero-order valence-electron chi connectivity index (χ0n) is 11.4. The van der Waals surface area contributed by atoms with Gasteiger partial charge < -0.3 is 10.2 Å². The Morgan fingerprint density at radius 2 is 1.90 bits per heavy atom. The number of tetrazole rings is 1. The number of aromatic nitrogens is 4. The zero-order valence-corrected chi connectivity index (χ0v) is 11.4. The van der Waals surface area contributed by atoms with Gasteiger partial charge in [0.05, 0.1) is 0 Å². The quantitative estimate of drug-likeness (QED) is 0.912. The van der Waals surface area contributed by atoms with Gasteiger partial charge in [-0.05, 0) is 29.6 Å². The number of piperidine rings is 1. The first kappa shape index (κ1) is 12.7. The highest BCUT2D eigenvalue weighted by Crippen LogP contribution is 2.13. The maximum Gasteiger partial charge on any atom is 0.269 e. The van der Waals surface area contributed by atoms with Crippen LogP contribution in [0.2, 0.25) is 0 Å². The summed E-state index contributed by atoms with van der Waals surface area (Å²) in [6, 6.07) is 9.80. The summed E-state index contributed by atoms with van der Waals surface area (Å²) in [4.78, 5) is 3.76. The van der Waals surface area contributed by atoms with E-state index in [-0.39, 0.29) is 0 Å². The molecule has 0 atom stereocenters. The number of nitrogens with zero attached hydrogens (tertiary/aromatic N) is 6. The molecule has 1 aliphatic rings. The Morgan fingerprint density at radius 1 is 1.15 bits per heavy atom. The summed E-state index contributed by atoms with van der Waals surface area (Å²) in [5.41, 5.74) is 2.07. The largest absolute Gasteiger partial charge is 0.321 e. The van der Waals surface area contributed by atoms with Gasteiger partial charge in [0.1, 0.15) is 0 Å². The highest BCUT2D eigenvalue weighted by atomic mass is 15.7. The van der Waals surface area contributed by atoms with Crippen LogP contribution in [0.3, 0.4) is 0 Å². The third kappa shape index (κ3) is 3.00. The van der Waals surface area contributed by atoms with E-state index in [1.165, 1.54) is 4.79 Å². The molecule has 0 bridgehead atoms. The van der Waals surface area contributed by atoms with Crippen molar-refractivity contribution in [1.29, 1.82) is 0 Å². The molecule has 1 aromatic heterocycles. The van der Waals surface area contributed by atoms with Crippen molar-refractivity contribution in [3.05, 3.63) is 30.3 Å². The second-order valence-corrected chi connectivity index (χ2v) is 4.85. The molecular formula is C13H17N7. The summed E-state index contributed by atoms with van der Waals surface area (Å²) in [6.07, 6.45) is 1.92. The maximum absolute atomic E-state index is 4.52. The highest BCUT2D eigenvalue weighted by molar-refractivity contribution is 5.85. The van der Waals surface area contributed by atoms with Crippen molar-refractivity contribution in [2.24, 2.45) is 5.10 Å². The lowest BCUT2D eigenvalue weighted by Crippen LogP contribution is -2.30. The van der Waals surface area contributed by atoms with E-state index in [9.17, 15) is 0 Å². The molecule has 0 unspecified atom stereocenters. The summed E-state index contributed by atoms with van der Waals surface area (Å²) < 4.78 is 0. The SMILES string of the molecule is CN1CCC(=Nn2nnnc2Nc2ccccc2)CC1. The standard InChI is InChI=1S/C13H17N7/c1-19-9-7-12(8-10-19)16-20-13(15-17-18-20)14-11-5-3-2-4-6-11/h2-6H,7-10H2,1H3,(H,14,15,18). The van der Waals surface area contributed by atoms with Crippen molar-refractivity contribution in [3.63, 3.8) is 0 Å². The lowest BCUT2D eigenvalue weighted by molar-refractivity contribution is 0.335. The molecule has 0 amide bonds. The van der Waals surface area contributed by atoms with Crippen LogP contribution in [0.5, 0.6) is 0 Å². The van der Waals surface area contributed by atoms with Crippen LogP contribution in [0, 0.1) is 0 Å². The number of hydrogen-bond acceptors (Lipinski definition) is 6. The van der Waals surface area contributed by atoms with E-state index in [1.807, 2.05) is 30.3 Å². The molecule has 2 heterocycles. The second-order valence-electron chi connectivity index (χ2n) is 4.85. The van der Waals surface area contributed by atoms with E-state index in [2.05, 4.69) is 37.9 Å². The van der Waals surface area contributed by atoms with Gasteiger partial charge in [-0.2, -0.15) is 5.10 Å². The molecule has 1 fully saturated rings. The summed E-state index contributed by atoms with van der Waals surface area (Å²) in [6.45, 7) is 2.06. The monoisotopic (exact) mass is 271 g/mol. The maximum atomic E-state index is 4.52. The fourth-order valence-electron chi connectivity index (χ4n) is 2.09. The molecule has 1 aromatic carbocycles. The van der Waals surface area contributed by atoms with Crippen LogP contribution in [0.25, 0.3) is 0 Å². The Balaban J connectivity index is 1.75. The lowest BCUT2D eigenvalue weighted by Gasteiger charge is -2.22. The zero-order chi connectivity index (χ0) is 13.8. The van der Waals surface area contributed by atoms with Crippen LogP contribution in [-0.4, -0.2) is 51.1 Å². The average Bonchev–Trinajstić information content (AvgIpc) is 2.90. The van der Waals surface area contributed by atoms with E-state index in [0.29, 0.717) is 5.95 Å². The van der Waals surface area contributed by atoms with Crippen molar-refractivity contribution in [1.82, 2.24) is 25.2 Å². The Hall–Kier alpha value is -2.28. The fourth-order valence-corrected chi connectivity index (χ4v) is 2.09. The molecule has 0 saturated carbocycles. The molecule has 20 heavy (non-hydrogen) atoms. The van der Waals surface area contributed by atoms with Gasteiger partial charge in [0.25, 0.3) is 5.95 Å². The minimum Gasteiger partial charge on any atom is -0.321 e. The van der Waals surface area contributed by atoms with E-state index in [0.717, 1.165) is 37.3 Å². The average molecular weight is 271 g/mol. The predicted octanol–water partition coefficient (Wildman–Crippen LogP) is 1.35. The topological polar surface area (TPSA) is 71.2 Å². The van der Waals surface area contributed by atoms with Crippen molar-refractivity contribution in [2.45, 2.75) is 12.8 Å². The molecule has 7 heteroatoms. The molecule has 0 radical (unpaired) electrons. The van der Waals surface area contributed by atoms with Gasteiger partial charge in [0, 0.05) is 37.3 Å². The number of nitrogens with one attached hydrogen (secondary N) is 1. The molecule has 7 nitrogen and oxygen atoms in total. The van der Waals surface area contributed by atoms with Crippen LogP contribution in [0.1, 0.15) is 12.8 Å². The molecular weight excluding hydrogens is 254 g/mol. The second kappa shape index (κ2) is 5.79. The van der Waals surface area contributed by atoms with Crippen molar-refractivity contribution in [2.75, 3.05) is 25.5 Å². The summed E-state index contributed by atoms with van der Waals surface area (Å²) >= 11 is 0. The molecule has 1 saturated heterocycles. The first-order valence-corrected chi connectivity index (χ1v) is 6.67. The van der Waals surface area contributed by atoms with Crippen LogP contribution in [0.15, 0.2) is 35.4 Å². The molecule has 0 spiro atoms. The van der Waals surface area contributed by atoms with Crippen LogP contribution >= 0.6 is 0 Å². The predicted molar refractivity (Wildman–Crippen MR) is 77.1 cm³/mol. The van der Waals surface area contributed by atoms with Gasteiger partial charge in [-0.25, -0.2) is 0 Å². The molecule has 104 valence electrons. The number of benzene rings is 1. The van der Waals surface area contributed by atoms with Crippen LogP contribution in [0.4, 0.5) is 11.6 Å². The van der Waals surface area contributed by atoms with Gasteiger partial charge in [-0.3, -0.25) is 0 Å². The van der Waals surface area contributed by atoms with Gasteiger partial charge in [0.2, 0.25) is 0 Å². The first-order valence-electron chi connectivity index (χ1n) is 6.67. The summed E-state index contributed by atoms with van der Waals surface area (Å²) in [5, 5.41) is 19.2. The Bertz CT molecular complexity index is 580. The van der Waals surface area contributed by atoms with E-state index in [1.54, 1.807) is 0 Å². The van der Waals surface area contributed by atoms with Crippen molar-refractivity contribution < 1.29 is 0 Å². The number of anilines is 2. The summed E-state index contributed by atoms with van der Waals surface area (Å²) in [7, 11) is 2.12. The van der Waals surface area contributed by atoms with E-state index >= 15 is 0 Å². The number of likely N-dealkylation sites (tertiary alicyclic amines) is 1. The van der Waals surface area contributed by atoms with E-state index < -0.39 is 0 Å². The third-order valence-electron chi connectivity index (χ3n) is 3.28. The van der Waals surface area contributed by atoms with Gasteiger partial charge in [0.15, 0.2) is 0 Å². The number of hydrogen-bond donors (Lipinski definition) is 1. The first-order chi connectivity index (χ1) is 9.81. The molecule has 0 aliphatic carbocycles. The Labute approximate surface area is 117 Å². The highest BCUT2D eigenvalue weighted by Gasteiger charge is 2.13. The smallest absolute Gasteiger partial charge is 0.269 e. The van der Waals surface area contributed by atoms with Crippen LogP contribution in [-0.2, 0) is 0 Å². The van der Waals surface area contributed by atoms with Crippen molar-refractivity contribution in [3.8, 4) is 0 Å². The minimum atomic E-state index is 0.530. The lowest BCUT2D eigenvalue weighted by atomic mass is 10.1. The van der Waals surface area contributed by atoms with Gasteiger partial charge in [-0.15, -0.1) is 0 Å². The molecule has 3 rings (SSSR count). The number of rotatable bonds is 3. The molecule has 1 N–H and O–H groups in total. The van der Waals surface area contributed by atoms with Gasteiger partial charge in [-0.1, -0.05) is 28.1 Å². The Kier molecular flexibility index (Phi) is 3.69. The third-order valence-corrected chi connectivity index (χ3v) is 3.28. The van der Waals surface area contributed by atoms with Crippen molar-refractivity contribution >= 4 is 17.3 Å². The Morgan fingerprint density at radius 3 is 2.65 bits per heavy atom.